The van der Waals surface area contributed by atoms with E-state index in [1.54, 1.807) is 0 Å². The highest BCUT2D eigenvalue weighted by molar-refractivity contribution is 6.63. The second kappa shape index (κ2) is 4.97. The first kappa shape index (κ1) is 7.83. The van der Waals surface area contributed by atoms with Gasteiger partial charge in [0.05, 0.1) is 0 Å². The maximum atomic E-state index is 3.67. The van der Waals surface area contributed by atoms with Crippen molar-refractivity contribution in [3.63, 3.8) is 0 Å². The molecule has 47 valence electrons. The molecule has 0 unspecified atom stereocenters. The van der Waals surface area contributed by atoms with Crippen LogP contribution in [0.15, 0.2) is 12.7 Å². The van der Waals surface area contributed by atoms with Crippen LogP contribution in [0.5, 0.6) is 0 Å². The molecule has 0 amide bonds. The molecule has 0 aliphatic heterocycles. The van der Waals surface area contributed by atoms with Crippen molar-refractivity contribution in [1.82, 2.24) is 0 Å². The van der Waals surface area contributed by atoms with Crippen LogP contribution in [0.1, 0.15) is 13.8 Å². The minimum atomic E-state index is -0.117. The predicted molar refractivity (Wildman–Crippen MR) is 41.2 cm³/mol. The number of allylic oxidation sites excluding steroid dienone is 1. The highest BCUT2D eigenvalue weighted by atomic mass is 28.3. The molecule has 0 rings (SSSR count). The third-order valence-electron chi connectivity index (χ3n) is 1.26. The molecule has 8 heavy (non-hydrogen) atoms. The fourth-order valence-electron chi connectivity index (χ4n) is 0.652. The van der Waals surface area contributed by atoms with Crippen LogP contribution in [-0.4, -0.2) is 8.80 Å². The summed E-state index contributed by atoms with van der Waals surface area (Å²) >= 11 is 0. The third-order valence-corrected chi connectivity index (χ3v) is 3.79. The molecule has 1 radical (unpaired) electrons. The Labute approximate surface area is 54.2 Å². The minimum absolute atomic E-state index is 0.117. The van der Waals surface area contributed by atoms with E-state index < -0.39 is 0 Å². The predicted octanol–water partition coefficient (Wildman–Crippen LogP) is 2.45. The van der Waals surface area contributed by atoms with Gasteiger partial charge in [-0.15, -0.1) is 0 Å². The van der Waals surface area contributed by atoms with Crippen LogP contribution >= 0.6 is 0 Å². The van der Waals surface area contributed by atoms with E-state index in [1.165, 1.54) is 12.1 Å². The summed E-state index contributed by atoms with van der Waals surface area (Å²) in [4.78, 5) is 0. The number of rotatable bonds is 4. The highest BCUT2D eigenvalue weighted by Gasteiger charge is 1.93. The molecule has 1 heteroatoms. The van der Waals surface area contributed by atoms with Crippen LogP contribution < -0.4 is 0 Å². The molecule has 0 aromatic heterocycles. The summed E-state index contributed by atoms with van der Waals surface area (Å²) < 4.78 is 0. The highest BCUT2D eigenvalue weighted by Crippen LogP contribution is 2.00. The van der Waals surface area contributed by atoms with Gasteiger partial charge in [-0.3, -0.25) is 0 Å². The van der Waals surface area contributed by atoms with Gasteiger partial charge < -0.3 is 0 Å². The SMILES string of the molecule is C=C[CH-][Si](CC)CC. The molecule has 0 atom stereocenters. The van der Waals surface area contributed by atoms with Crippen molar-refractivity contribution < 1.29 is 0 Å². The van der Waals surface area contributed by atoms with Crippen molar-refractivity contribution in [3.05, 3.63) is 18.7 Å². The Kier molecular flexibility index (Phi) is 4.87. The summed E-state index contributed by atoms with van der Waals surface area (Å²) in [6.45, 7) is 8.16. The Morgan fingerprint density at radius 2 is 2.00 bits per heavy atom. The summed E-state index contributed by atoms with van der Waals surface area (Å²) in [5.74, 6) is 0. The first-order valence-corrected chi connectivity index (χ1v) is 5.14. The van der Waals surface area contributed by atoms with Gasteiger partial charge >= 0.3 is 0 Å². The van der Waals surface area contributed by atoms with Gasteiger partial charge in [-0.1, -0.05) is 25.9 Å². The third kappa shape index (κ3) is 2.91. The fraction of sp³-hybridized carbons (Fsp3) is 0.571. The van der Waals surface area contributed by atoms with Crippen LogP contribution in [0.3, 0.4) is 0 Å². The fourth-order valence-corrected chi connectivity index (χ4v) is 1.96. The largest absolute Gasteiger partial charge is 0.245 e. The van der Waals surface area contributed by atoms with E-state index in [1.807, 2.05) is 6.08 Å². The Hall–Kier alpha value is -0.173. The van der Waals surface area contributed by atoms with Gasteiger partial charge in [0.15, 0.2) is 0 Å². The molecule has 0 aromatic carbocycles. The maximum Gasteiger partial charge on any atom is -0.0232 e. The van der Waals surface area contributed by atoms with Gasteiger partial charge in [-0.05, 0) is 8.80 Å². The second-order valence-electron chi connectivity index (χ2n) is 1.77. The molecular formula is C7H14Si-. The molecule has 0 aliphatic carbocycles. The lowest BCUT2D eigenvalue weighted by molar-refractivity contribution is 1.32. The summed E-state index contributed by atoms with van der Waals surface area (Å²) in [5, 5.41) is 0. The molecule has 0 heterocycles. The van der Waals surface area contributed by atoms with Gasteiger partial charge in [0, 0.05) is 0 Å². The van der Waals surface area contributed by atoms with Gasteiger partial charge in [0.25, 0.3) is 0 Å². The first-order valence-electron chi connectivity index (χ1n) is 3.15. The van der Waals surface area contributed by atoms with Crippen molar-refractivity contribution in [2.75, 3.05) is 0 Å². The molecule has 0 saturated heterocycles. The minimum Gasteiger partial charge on any atom is -0.245 e. The maximum absolute atomic E-state index is 3.67. The van der Waals surface area contributed by atoms with E-state index in [-0.39, 0.29) is 8.80 Å². The van der Waals surface area contributed by atoms with Crippen molar-refractivity contribution in [3.8, 4) is 0 Å². The van der Waals surface area contributed by atoms with E-state index in [4.69, 9.17) is 0 Å². The molecule has 0 fully saturated rings. The smallest absolute Gasteiger partial charge is 0.0232 e. The van der Waals surface area contributed by atoms with Crippen LogP contribution in [0.4, 0.5) is 0 Å². The summed E-state index contributed by atoms with van der Waals surface area (Å²) in [5.41, 5.74) is 0. The lowest BCUT2D eigenvalue weighted by atomic mass is 10.8. The van der Waals surface area contributed by atoms with Crippen molar-refractivity contribution >= 4 is 8.80 Å². The van der Waals surface area contributed by atoms with Crippen molar-refractivity contribution in [2.24, 2.45) is 0 Å². The van der Waals surface area contributed by atoms with Crippen LogP contribution in [0.25, 0.3) is 0 Å². The number of hydrogen-bond acceptors (Lipinski definition) is 0. The topological polar surface area (TPSA) is 0 Å². The zero-order chi connectivity index (χ0) is 6.41. The normalized spacial score (nSPS) is 9.38. The zero-order valence-corrected chi connectivity index (χ0v) is 6.78. The Balaban J connectivity index is 3.20. The quantitative estimate of drug-likeness (QED) is 0.401. The van der Waals surface area contributed by atoms with E-state index in [9.17, 15) is 0 Å². The Morgan fingerprint density at radius 3 is 2.12 bits per heavy atom. The number of hydrogen-bond donors (Lipinski definition) is 0. The van der Waals surface area contributed by atoms with Gasteiger partial charge in [0.2, 0.25) is 0 Å². The lowest BCUT2D eigenvalue weighted by Crippen LogP contribution is -2.07. The van der Waals surface area contributed by atoms with Gasteiger partial charge in [-0.2, -0.15) is 0 Å². The van der Waals surface area contributed by atoms with Crippen molar-refractivity contribution in [2.45, 2.75) is 25.9 Å². The standard InChI is InChI=1S/C7H14Si/c1-4-7-8(5-2)6-3/h4,7H,1,5-6H2,2-3H3/q-1. The average Bonchev–Trinajstić information content (AvgIpc) is 1.83. The van der Waals surface area contributed by atoms with E-state index in [0.29, 0.717) is 0 Å². The molecule has 0 saturated carbocycles. The summed E-state index contributed by atoms with van der Waals surface area (Å²) in [6, 6.07) is 4.95. The zero-order valence-electron chi connectivity index (χ0n) is 5.78. The lowest BCUT2D eigenvalue weighted by Gasteiger charge is -2.11. The summed E-state index contributed by atoms with van der Waals surface area (Å²) in [6.07, 6.45) is 1.93. The monoisotopic (exact) mass is 126 g/mol. The molecule has 0 aromatic rings. The molecule has 0 aliphatic rings. The van der Waals surface area contributed by atoms with Crippen LogP contribution in [0.2, 0.25) is 12.1 Å². The van der Waals surface area contributed by atoms with Gasteiger partial charge in [0.1, 0.15) is 0 Å². The average molecular weight is 126 g/mol. The van der Waals surface area contributed by atoms with Gasteiger partial charge in [-0.25, -0.2) is 18.7 Å². The van der Waals surface area contributed by atoms with Crippen LogP contribution in [-0.2, 0) is 0 Å². The molecule has 0 N–H and O–H groups in total. The molecule has 0 nitrogen and oxygen atoms in total. The molecule has 0 bridgehead atoms. The Bertz CT molecular complexity index is 55.4. The van der Waals surface area contributed by atoms with Crippen molar-refractivity contribution in [1.29, 1.82) is 0 Å². The van der Waals surface area contributed by atoms with Crippen LogP contribution in [0, 0.1) is 6.04 Å². The van der Waals surface area contributed by atoms with E-state index in [0.717, 1.165) is 0 Å². The second-order valence-corrected chi connectivity index (χ2v) is 4.83. The van der Waals surface area contributed by atoms with E-state index in [2.05, 4.69) is 26.5 Å². The first-order chi connectivity index (χ1) is 3.85. The summed E-state index contributed by atoms with van der Waals surface area (Å²) in [7, 11) is -0.117. The van der Waals surface area contributed by atoms with E-state index >= 15 is 0 Å². The molecule has 0 spiro atoms. The Morgan fingerprint density at radius 1 is 1.50 bits per heavy atom. The molecular weight excluding hydrogens is 112 g/mol.